The maximum atomic E-state index is 12.2. The highest BCUT2D eigenvalue weighted by Gasteiger charge is 2.15. The number of nitrogens with two attached hydrogens (primary N) is 1. The van der Waals surface area contributed by atoms with E-state index in [0.717, 1.165) is 5.56 Å². The smallest absolute Gasteiger partial charge is 0.251 e. The van der Waals surface area contributed by atoms with Crippen molar-refractivity contribution in [2.75, 3.05) is 11.1 Å². The average molecular weight is 339 g/mol. The monoisotopic (exact) mass is 339 g/mol. The van der Waals surface area contributed by atoms with Gasteiger partial charge >= 0.3 is 0 Å². The molecule has 2 aromatic rings. The van der Waals surface area contributed by atoms with Crippen molar-refractivity contribution in [1.82, 2.24) is 5.32 Å². The van der Waals surface area contributed by atoms with Crippen molar-refractivity contribution < 1.29 is 9.59 Å². The van der Waals surface area contributed by atoms with Gasteiger partial charge in [0.2, 0.25) is 5.91 Å². The molecule has 0 radical (unpaired) electrons. The Morgan fingerprint density at radius 1 is 1.04 bits per heavy atom. The maximum absolute atomic E-state index is 12.2. The SMILES string of the molecule is CC(C)(C)NC(=O)c1cccc(NC(=O)CCc2cccc(N)c2)c1. The standard InChI is InChI=1S/C20H25N3O2/c1-20(2,3)23-19(25)15-7-5-9-17(13-15)22-18(24)11-10-14-6-4-8-16(21)12-14/h4-9,12-13H,10-11,21H2,1-3H3,(H,22,24)(H,23,25). The van der Waals surface area contributed by atoms with E-state index in [4.69, 9.17) is 5.73 Å². The van der Waals surface area contributed by atoms with Gasteiger partial charge in [0.25, 0.3) is 5.91 Å². The Kier molecular flexibility index (Phi) is 5.80. The molecular formula is C20H25N3O2. The number of hydrogen-bond donors (Lipinski definition) is 3. The van der Waals surface area contributed by atoms with Crippen LogP contribution in [0.15, 0.2) is 48.5 Å². The lowest BCUT2D eigenvalue weighted by atomic mass is 10.1. The van der Waals surface area contributed by atoms with Gasteiger partial charge in [0, 0.05) is 28.9 Å². The highest BCUT2D eigenvalue weighted by atomic mass is 16.2. The van der Waals surface area contributed by atoms with Gasteiger partial charge in [-0.05, 0) is 63.1 Å². The molecule has 5 nitrogen and oxygen atoms in total. The Labute approximate surface area is 148 Å². The second-order valence-corrected chi connectivity index (χ2v) is 7.08. The molecule has 0 aliphatic heterocycles. The molecule has 0 saturated heterocycles. The summed E-state index contributed by atoms with van der Waals surface area (Å²) in [5, 5.41) is 5.74. The minimum absolute atomic E-state index is 0.101. The molecule has 0 aromatic heterocycles. The summed E-state index contributed by atoms with van der Waals surface area (Å²) in [6.45, 7) is 5.77. The van der Waals surface area contributed by atoms with Crippen molar-refractivity contribution in [3.05, 3.63) is 59.7 Å². The normalized spacial score (nSPS) is 11.0. The summed E-state index contributed by atoms with van der Waals surface area (Å²) >= 11 is 0. The summed E-state index contributed by atoms with van der Waals surface area (Å²) in [6.07, 6.45) is 0.961. The molecule has 2 amide bonds. The first-order valence-corrected chi connectivity index (χ1v) is 8.30. The van der Waals surface area contributed by atoms with Crippen LogP contribution in [0.1, 0.15) is 43.1 Å². The molecule has 132 valence electrons. The first-order valence-electron chi connectivity index (χ1n) is 8.30. The summed E-state index contributed by atoms with van der Waals surface area (Å²) in [5.74, 6) is -0.265. The molecule has 4 N–H and O–H groups in total. The fourth-order valence-corrected chi connectivity index (χ4v) is 2.38. The van der Waals surface area contributed by atoms with Gasteiger partial charge in [-0.15, -0.1) is 0 Å². The van der Waals surface area contributed by atoms with Gasteiger partial charge in [-0.2, -0.15) is 0 Å². The van der Waals surface area contributed by atoms with Crippen LogP contribution < -0.4 is 16.4 Å². The van der Waals surface area contributed by atoms with Crippen molar-refractivity contribution in [3.8, 4) is 0 Å². The molecule has 0 fully saturated rings. The molecule has 0 saturated carbocycles. The summed E-state index contributed by atoms with van der Waals surface area (Å²) in [4.78, 5) is 24.3. The first-order chi connectivity index (χ1) is 11.7. The van der Waals surface area contributed by atoms with Crippen molar-refractivity contribution in [3.63, 3.8) is 0 Å². The van der Waals surface area contributed by atoms with Gasteiger partial charge in [0.05, 0.1) is 0 Å². The number of carbonyl (C=O) groups is 2. The number of nitrogens with one attached hydrogen (secondary N) is 2. The summed E-state index contributed by atoms with van der Waals surface area (Å²) in [7, 11) is 0. The Bertz CT molecular complexity index is 764. The Balaban J connectivity index is 1.94. The topological polar surface area (TPSA) is 84.2 Å². The lowest BCUT2D eigenvalue weighted by molar-refractivity contribution is -0.116. The van der Waals surface area contributed by atoms with Crippen LogP contribution in [0.25, 0.3) is 0 Å². The third-order valence-corrected chi connectivity index (χ3v) is 3.49. The van der Waals surface area contributed by atoms with E-state index < -0.39 is 0 Å². The lowest BCUT2D eigenvalue weighted by Crippen LogP contribution is -2.40. The van der Waals surface area contributed by atoms with Gasteiger partial charge in [-0.1, -0.05) is 18.2 Å². The van der Waals surface area contributed by atoms with Crippen LogP contribution in [0.5, 0.6) is 0 Å². The Morgan fingerprint density at radius 2 is 1.76 bits per heavy atom. The number of anilines is 2. The number of rotatable bonds is 5. The van der Waals surface area contributed by atoms with Crippen molar-refractivity contribution in [1.29, 1.82) is 0 Å². The predicted molar refractivity (Wildman–Crippen MR) is 101 cm³/mol. The fraction of sp³-hybridized carbons (Fsp3) is 0.300. The minimum atomic E-state index is -0.312. The third-order valence-electron chi connectivity index (χ3n) is 3.49. The fourth-order valence-electron chi connectivity index (χ4n) is 2.38. The highest BCUT2D eigenvalue weighted by molar-refractivity contribution is 5.97. The van der Waals surface area contributed by atoms with Crippen LogP contribution in [0.3, 0.4) is 0 Å². The van der Waals surface area contributed by atoms with Crippen LogP contribution in [0.4, 0.5) is 11.4 Å². The summed E-state index contributed by atoms with van der Waals surface area (Å²) in [5.41, 5.74) is 8.27. The van der Waals surface area contributed by atoms with Crippen molar-refractivity contribution in [2.24, 2.45) is 0 Å². The predicted octanol–water partition coefficient (Wildman–Crippen LogP) is 3.37. The number of aryl methyl sites for hydroxylation is 1. The number of carbonyl (C=O) groups excluding carboxylic acids is 2. The van der Waals surface area contributed by atoms with Gasteiger partial charge in [-0.25, -0.2) is 0 Å². The average Bonchev–Trinajstić information content (AvgIpc) is 2.52. The van der Waals surface area contributed by atoms with E-state index in [1.165, 1.54) is 0 Å². The Morgan fingerprint density at radius 3 is 2.44 bits per heavy atom. The number of hydrogen-bond acceptors (Lipinski definition) is 3. The van der Waals surface area contributed by atoms with Crippen LogP contribution in [0.2, 0.25) is 0 Å². The van der Waals surface area contributed by atoms with E-state index in [9.17, 15) is 9.59 Å². The molecule has 2 rings (SSSR count). The van der Waals surface area contributed by atoms with Gasteiger partial charge in [0.15, 0.2) is 0 Å². The summed E-state index contributed by atoms with van der Waals surface area (Å²) < 4.78 is 0. The van der Waals surface area contributed by atoms with Gasteiger partial charge < -0.3 is 16.4 Å². The van der Waals surface area contributed by atoms with E-state index in [2.05, 4.69) is 10.6 Å². The highest BCUT2D eigenvalue weighted by Crippen LogP contribution is 2.14. The number of nitrogen functional groups attached to an aromatic ring is 1. The van der Waals surface area contributed by atoms with E-state index in [1.54, 1.807) is 24.3 Å². The van der Waals surface area contributed by atoms with Crippen LogP contribution in [0, 0.1) is 0 Å². The molecular weight excluding hydrogens is 314 g/mol. The number of benzene rings is 2. The molecule has 0 aliphatic carbocycles. The maximum Gasteiger partial charge on any atom is 0.251 e. The molecule has 0 bridgehead atoms. The van der Waals surface area contributed by atoms with Gasteiger partial charge in [0.1, 0.15) is 0 Å². The molecule has 0 unspecified atom stereocenters. The van der Waals surface area contributed by atoms with E-state index in [1.807, 2.05) is 45.0 Å². The molecule has 5 heteroatoms. The zero-order valence-corrected chi connectivity index (χ0v) is 14.9. The summed E-state index contributed by atoms with van der Waals surface area (Å²) in [6, 6.07) is 14.4. The zero-order chi connectivity index (χ0) is 18.4. The second kappa shape index (κ2) is 7.83. The molecule has 25 heavy (non-hydrogen) atoms. The van der Waals surface area contributed by atoms with Crippen LogP contribution >= 0.6 is 0 Å². The van der Waals surface area contributed by atoms with Crippen molar-refractivity contribution >= 4 is 23.2 Å². The quantitative estimate of drug-likeness (QED) is 0.730. The lowest BCUT2D eigenvalue weighted by Gasteiger charge is -2.20. The first kappa shape index (κ1) is 18.5. The molecule has 0 atom stereocenters. The van der Waals surface area contributed by atoms with E-state index >= 15 is 0 Å². The molecule has 0 aliphatic rings. The van der Waals surface area contributed by atoms with E-state index in [-0.39, 0.29) is 17.4 Å². The van der Waals surface area contributed by atoms with E-state index in [0.29, 0.717) is 29.8 Å². The largest absolute Gasteiger partial charge is 0.399 e. The zero-order valence-electron chi connectivity index (χ0n) is 14.9. The Hall–Kier alpha value is -2.82. The molecule has 0 heterocycles. The van der Waals surface area contributed by atoms with Gasteiger partial charge in [-0.3, -0.25) is 9.59 Å². The third kappa shape index (κ3) is 6.30. The van der Waals surface area contributed by atoms with Crippen LogP contribution in [-0.4, -0.2) is 17.4 Å². The molecule has 0 spiro atoms. The molecule has 2 aromatic carbocycles. The minimum Gasteiger partial charge on any atom is -0.399 e. The second-order valence-electron chi connectivity index (χ2n) is 7.08. The number of amides is 2. The van der Waals surface area contributed by atoms with Crippen molar-refractivity contribution in [2.45, 2.75) is 39.2 Å². The van der Waals surface area contributed by atoms with Crippen LogP contribution in [-0.2, 0) is 11.2 Å².